The maximum absolute atomic E-state index is 12.3. The van der Waals surface area contributed by atoms with E-state index >= 15 is 0 Å². The van der Waals surface area contributed by atoms with Crippen molar-refractivity contribution >= 4 is 11.9 Å². The zero-order chi connectivity index (χ0) is 13.0. The number of amides is 2. The van der Waals surface area contributed by atoms with E-state index < -0.39 is 0 Å². The molecule has 0 spiro atoms. The largest absolute Gasteiger partial charge is 0.386 e. The molecule has 98 valence electrons. The number of rotatable bonds is 3. The molecule has 1 aliphatic heterocycles. The van der Waals surface area contributed by atoms with Crippen molar-refractivity contribution in [2.75, 3.05) is 19.6 Å². The molecule has 17 heavy (non-hydrogen) atoms. The van der Waals surface area contributed by atoms with Gasteiger partial charge >= 0.3 is 6.03 Å². The van der Waals surface area contributed by atoms with Crippen molar-refractivity contribution in [2.24, 2.45) is 11.7 Å². The van der Waals surface area contributed by atoms with Crippen molar-refractivity contribution in [2.45, 2.75) is 39.7 Å². The summed E-state index contributed by atoms with van der Waals surface area (Å²) in [6.07, 6.45) is 2.26. The van der Waals surface area contributed by atoms with Gasteiger partial charge in [-0.2, -0.15) is 0 Å². The van der Waals surface area contributed by atoms with Crippen molar-refractivity contribution in [3.8, 4) is 0 Å². The van der Waals surface area contributed by atoms with E-state index in [1.54, 1.807) is 4.90 Å². The van der Waals surface area contributed by atoms with Crippen molar-refractivity contribution in [1.82, 2.24) is 9.80 Å². The summed E-state index contributed by atoms with van der Waals surface area (Å²) in [5.41, 5.74) is 5.40. The Morgan fingerprint density at radius 3 is 2.71 bits per heavy atom. The third kappa shape index (κ3) is 3.91. The molecule has 0 aliphatic carbocycles. The molecule has 5 nitrogen and oxygen atoms in total. The molecule has 1 unspecified atom stereocenters. The van der Waals surface area contributed by atoms with Gasteiger partial charge in [-0.3, -0.25) is 5.41 Å². The predicted octanol–water partition coefficient (Wildman–Crippen LogP) is 1.48. The summed E-state index contributed by atoms with van der Waals surface area (Å²) in [7, 11) is 0. The Morgan fingerprint density at radius 2 is 2.24 bits per heavy atom. The van der Waals surface area contributed by atoms with E-state index in [1.165, 1.54) is 6.42 Å². The Labute approximate surface area is 103 Å². The maximum Gasteiger partial charge on any atom is 0.320 e. The Bertz CT molecular complexity index is 290. The minimum atomic E-state index is 0.0155. The molecular weight excluding hydrogens is 216 g/mol. The minimum Gasteiger partial charge on any atom is -0.386 e. The van der Waals surface area contributed by atoms with Crippen molar-refractivity contribution in [3.63, 3.8) is 0 Å². The van der Waals surface area contributed by atoms with Crippen LogP contribution in [0.15, 0.2) is 0 Å². The van der Waals surface area contributed by atoms with Crippen LogP contribution < -0.4 is 5.73 Å². The van der Waals surface area contributed by atoms with Crippen LogP contribution in [0.1, 0.15) is 33.6 Å². The van der Waals surface area contributed by atoms with Crippen LogP contribution in [-0.2, 0) is 0 Å². The highest BCUT2D eigenvalue weighted by Gasteiger charge is 2.26. The van der Waals surface area contributed by atoms with E-state index in [4.69, 9.17) is 11.1 Å². The van der Waals surface area contributed by atoms with Gasteiger partial charge in [0.05, 0.1) is 6.54 Å². The Balaban J connectivity index is 2.66. The van der Waals surface area contributed by atoms with Crippen LogP contribution in [0, 0.1) is 11.3 Å². The van der Waals surface area contributed by atoms with E-state index in [0.717, 1.165) is 19.5 Å². The Hall–Kier alpha value is -1.26. The second kappa shape index (κ2) is 5.89. The lowest BCUT2D eigenvalue weighted by atomic mass is 10.0. The van der Waals surface area contributed by atoms with Gasteiger partial charge in [0, 0.05) is 19.1 Å². The lowest BCUT2D eigenvalue weighted by Gasteiger charge is -2.36. The van der Waals surface area contributed by atoms with Gasteiger partial charge in [0.1, 0.15) is 5.84 Å². The molecule has 2 amide bonds. The van der Waals surface area contributed by atoms with E-state index in [0.29, 0.717) is 5.92 Å². The molecule has 1 fully saturated rings. The second-order valence-electron chi connectivity index (χ2n) is 5.22. The number of carbonyl (C=O) groups excluding carboxylic acids is 1. The molecule has 0 saturated carbocycles. The number of carbonyl (C=O) groups is 1. The fourth-order valence-electron chi connectivity index (χ4n) is 2.20. The van der Waals surface area contributed by atoms with Gasteiger partial charge in [0.25, 0.3) is 0 Å². The summed E-state index contributed by atoms with van der Waals surface area (Å²) < 4.78 is 0. The predicted molar refractivity (Wildman–Crippen MR) is 69.1 cm³/mol. The number of nitrogens with zero attached hydrogens (tertiary/aromatic N) is 2. The molecule has 0 aromatic heterocycles. The van der Waals surface area contributed by atoms with Crippen LogP contribution in [-0.4, -0.2) is 47.3 Å². The highest BCUT2D eigenvalue weighted by molar-refractivity contribution is 5.84. The first-order valence-corrected chi connectivity index (χ1v) is 6.30. The topological polar surface area (TPSA) is 73.4 Å². The molecule has 1 saturated heterocycles. The number of nitrogens with one attached hydrogen (secondary N) is 1. The van der Waals surface area contributed by atoms with Crippen molar-refractivity contribution in [3.05, 3.63) is 0 Å². The third-order valence-corrected chi connectivity index (χ3v) is 3.14. The Morgan fingerprint density at radius 1 is 1.59 bits per heavy atom. The second-order valence-corrected chi connectivity index (χ2v) is 5.22. The summed E-state index contributed by atoms with van der Waals surface area (Å²) >= 11 is 0. The molecule has 0 aromatic carbocycles. The molecule has 1 rings (SSSR count). The zero-order valence-electron chi connectivity index (χ0n) is 11.1. The van der Waals surface area contributed by atoms with Gasteiger partial charge in [0.2, 0.25) is 0 Å². The van der Waals surface area contributed by atoms with Gasteiger partial charge < -0.3 is 15.5 Å². The average Bonchev–Trinajstić information content (AvgIpc) is 2.24. The number of hydrogen-bond donors (Lipinski definition) is 2. The number of urea groups is 1. The summed E-state index contributed by atoms with van der Waals surface area (Å²) in [6.45, 7) is 7.94. The van der Waals surface area contributed by atoms with E-state index in [2.05, 4.69) is 6.92 Å². The zero-order valence-corrected chi connectivity index (χ0v) is 11.1. The molecule has 3 N–H and O–H groups in total. The van der Waals surface area contributed by atoms with E-state index in [-0.39, 0.29) is 24.5 Å². The van der Waals surface area contributed by atoms with Gasteiger partial charge in [-0.1, -0.05) is 6.92 Å². The number of nitrogens with two attached hydrogens (primary N) is 1. The molecule has 0 radical (unpaired) electrons. The molecule has 1 heterocycles. The Kier molecular flexibility index (Phi) is 4.78. The lowest BCUT2D eigenvalue weighted by molar-refractivity contribution is 0.127. The molecular formula is C12H24N4O. The van der Waals surface area contributed by atoms with Gasteiger partial charge in [-0.25, -0.2) is 4.79 Å². The number of piperidine rings is 1. The fraction of sp³-hybridized carbons (Fsp3) is 0.833. The average molecular weight is 240 g/mol. The maximum atomic E-state index is 12.3. The normalized spacial score (nSPS) is 20.5. The smallest absolute Gasteiger partial charge is 0.320 e. The van der Waals surface area contributed by atoms with Crippen LogP contribution in [0.4, 0.5) is 4.79 Å². The third-order valence-electron chi connectivity index (χ3n) is 3.14. The van der Waals surface area contributed by atoms with Crippen molar-refractivity contribution < 1.29 is 4.79 Å². The molecule has 5 heteroatoms. The molecule has 1 aliphatic rings. The van der Waals surface area contributed by atoms with Crippen LogP contribution in [0.3, 0.4) is 0 Å². The summed E-state index contributed by atoms with van der Waals surface area (Å²) in [6, 6.07) is 0.0883. The SMILES string of the molecule is CC1CCCN(C(=O)N(CC(=N)N)C(C)C)C1. The number of amidine groups is 1. The summed E-state index contributed by atoms with van der Waals surface area (Å²) in [5.74, 6) is 0.608. The monoisotopic (exact) mass is 240 g/mol. The molecule has 0 bridgehead atoms. The number of hydrogen-bond acceptors (Lipinski definition) is 2. The highest BCUT2D eigenvalue weighted by Crippen LogP contribution is 2.17. The first kappa shape index (κ1) is 13.8. The van der Waals surface area contributed by atoms with Gasteiger partial charge in [0.15, 0.2) is 0 Å². The van der Waals surface area contributed by atoms with E-state index in [9.17, 15) is 4.79 Å². The first-order chi connectivity index (χ1) is 7.91. The van der Waals surface area contributed by atoms with Crippen molar-refractivity contribution in [1.29, 1.82) is 5.41 Å². The molecule has 0 aromatic rings. The molecule has 1 atom stereocenters. The van der Waals surface area contributed by atoms with Crippen LogP contribution in [0.2, 0.25) is 0 Å². The summed E-state index contributed by atoms with van der Waals surface area (Å²) in [4.78, 5) is 15.9. The minimum absolute atomic E-state index is 0.0155. The van der Waals surface area contributed by atoms with Gasteiger partial charge in [-0.05, 0) is 32.6 Å². The lowest BCUT2D eigenvalue weighted by Crippen LogP contribution is -2.51. The number of likely N-dealkylation sites (tertiary alicyclic amines) is 1. The standard InChI is InChI=1S/C12H24N4O/c1-9(2)16(8-11(13)14)12(17)15-6-4-5-10(3)7-15/h9-10H,4-8H2,1-3H3,(H3,13,14). The highest BCUT2D eigenvalue weighted by atomic mass is 16.2. The quantitative estimate of drug-likeness (QED) is 0.579. The van der Waals surface area contributed by atoms with Gasteiger partial charge in [-0.15, -0.1) is 0 Å². The van der Waals surface area contributed by atoms with E-state index in [1.807, 2.05) is 18.7 Å². The fourth-order valence-corrected chi connectivity index (χ4v) is 2.20. The first-order valence-electron chi connectivity index (χ1n) is 6.30. The summed E-state index contributed by atoms with van der Waals surface area (Å²) in [5, 5.41) is 7.33. The van der Waals surface area contributed by atoms with Crippen LogP contribution >= 0.6 is 0 Å². The van der Waals surface area contributed by atoms with Crippen LogP contribution in [0.25, 0.3) is 0 Å². The van der Waals surface area contributed by atoms with Crippen LogP contribution in [0.5, 0.6) is 0 Å².